The van der Waals surface area contributed by atoms with Gasteiger partial charge in [0.1, 0.15) is 11.3 Å². The summed E-state index contributed by atoms with van der Waals surface area (Å²) in [5.74, 6) is 0.661. The summed E-state index contributed by atoms with van der Waals surface area (Å²) >= 11 is 2.88. The first kappa shape index (κ1) is 22.7. The molecular weight excluding hydrogens is 490 g/mol. The summed E-state index contributed by atoms with van der Waals surface area (Å²) in [5, 5.41) is 13.3. The minimum absolute atomic E-state index is 0.195. The van der Waals surface area contributed by atoms with Crippen LogP contribution in [-0.4, -0.2) is 26.8 Å². The third kappa shape index (κ3) is 4.97. The number of nitrogen functional groups attached to an aromatic ring is 1. The van der Waals surface area contributed by atoms with Crippen molar-refractivity contribution in [2.75, 3.05) is 22.9 Å². The maximum atomic E-state index is 12.6. The van der Waals surface area contributed by atoms with Crippen molar-refractivity contribution in [2.45, 2.75) is 19.4 Å². The Balaban J connectivity index is 1.14. The molecule has 1 aliphatic rings. The van der Waals surface area contributed by atoms with Gasteiger partial charge >= 0.3 is 0 Å². The molecule has 1 saturated carbocycles. The molecule has 0 saturated heterocycles. The number of para-hydroxylation sites is 2. The van der Waals surface area contributed by atoms with Crippen LogP contribution in [0.5, 0.6) is 0 Å². The number of rotatable bonds is 9. The van der Waals surface area contributed by atoms with E-state index in [0.717, 1.165) is 46.2 Å². The van der Waals surface area contributed by atoms with Crippen molar-refractivity contribution in [2.24, 2.45) is 5.92 Å². The van der Waals surface area contributed by atoms with Gasteiger partial charge < -0.3 is 21.7 Å². The first-order chi connectivity index (χ1) is 17.6. The topological polar surface area (TPSA) is 109 Å². The molecule has 1 amide bonds. The highest BCUT2D eigenvalue weighted by molar-refractivity contribution is 7.19. The lowest BCUT2D eigenvalue weighted by Gasteiger charge is -2.06. The molecule has 6 rings (SSSR count). The second-order valence-electron chi connectivity index (χ2n) is 8.85. The predicted molar refractivity (Wildman–Crippen MR) is 147 cm³/mol. The molecule has 0 radical (unpaired) electrons. The number of pyridine rings is 1. The van der Waals surface area contributed by atoms with Crippen molar-refractivity contribution < 1.29 is 4.79 Å². The molecule has 5 N–H and O–H groups in total. The normalized spacial score (nSPS) is 13.2. The van der Waals surface area contributed by atoms with E-state index in [0.29, 0.717) is 16.3 Å². The van der Waals surface area contributed by atoms with Gasteiger partial charge in [0.25, 0.3) is 5.91 Å². The van der Waals surface area contributed by atoms with Gasteiger partial charge in [-0.3, -0.25) is 9.20 Å². The van der Waals surface area contributed by atoms with Gasteiger partial charge in [0, 0.05) is 18.1 Å². The molecule has 4 heterocycles. The van der Waals surface area contributed by atoms with Crippen LogP contribution in [0.15, 0.2) is 66.3 Å². The Labute approximate surface area is 216 Å². The highest BCUT2D eigenvalue weighted by Gasteiger charge is 2.20. The molecule has 36 heavy (non-hydrogen) atoms. The van der Waals surface area contributed by atoms with E-state index in [1.807, 2.05) is 35.8 Å². The number of benzene rings is 1. The fourth-order valence-corrected chi connectivity index (χ4v) is 5.52. The zero-order chi connectivity index (χ0) is 24.5. The molecule has 1 fully saturated rings. The molecule has 0 bridgehead atoms. The van der Waals surface area contributed by atoms with E-state index in [2.05, 4.69) is 37.6 Å². The standard InChI is InChI=1S/C26H25N7OS2/c27-18-3-1-2-4-19(18)30-25(34)22-8-10-24(36-22)32-26-31-20(15-35-26)21-13-29-23-9-7-17(14-33(21)23)12-28-11-16-5-6-16/h1-4,7-10,13-16,28H,5-6,11-12,27H2,(H,30,34)(H,31,32). The van der Waals surface area contributed by atoms with Crippen LogP contribution < -0.4 is 21.7 Å². The number of carbonyl (C=O) groups excluding carboxylic acids is 1. The van der Waals surface area contributed by atoms with Crippen molar-refractivity contribution >= 4 is 55.7 Å². The number of thiophene rings is 1. The number of fused-ring (bicyclic) bond motifs is 1. The van der Waals surface area contributed by atoms with Crippen LogP contribution >= 0.6 is 22.7 Å². The molecule has 182 valence electrons. The fraction of sp³-hybridized carbons (Fsp3) is 0.192. The van der Waals surface area contributed by atoms with E-state index in [-0.39, 0.29) is 5.91 Å². The summed E-state index contributed by atoms with van der Waals surface area (Å²) in [6, 6.07) is 15.0. The number of anilines is 4. The van der Waals surface area contributed by atoms with Crippen LogP contribution in [0.2, 0.25) is 0 Å². The van der Waals surface area contributed by atoms with Crippen LogP contribution in [0.25, 0.3) is 17.0 Å². The van der Waals surface area contributed by atoms with E-state index >= 15 is 0 Å². The molecule has 0 unspecified atom stereocenters. The van der Waals surface area contributed by atoms with Crippen molar-refractivity contribution in [1.82, 2.24) is 19.7 Å². The van der Waals surface area contributed by atoms with Crippen LogP contribution in [0.3, 0.4) is 0 Å². The van der Waals surface area contributed by atoms with Gasteiger partial charge in [0.15, 0.2) is 5.13 Å². The number of hydrogen-bond donors (Lipinski definition) is 4. The summed E-state index contributed by atoms with van der Waals surface area (Å²) in [7, 11) is 0. The van der Waals surface area contributed by atoms with Gasteiger partial charge in [-0.2, -0.15) is 0 Å². The summed E-state index contributed by atoms with van der Waals surface area (Å²) in [5.41, 5.74) is 11.0. The Morgan fingerprint density at radius 3 is 2.89 bits per heavy atom. The van der Waals surface area contributed by atoms with E-state index in [1.54, 1.807) is 18.2 Å². The smallest absolute Gasteiger partial charge is 0.265 e. The minimum Gasteiger partial charge on any atom is -0.397 e. The van der Waals surface area contributed by atoms with Gasteiger partial charge in [-0.25, -0.2) is 9.97 Å². The number of nitrogens with two attached hydrogens (primary N) is 1. The SMILES string of the molecule is Nc1ccccc1NC(=O)c1ccc(Nc2nc(-c3cnc4ccc(CNCC5CC5)cn34)cs2)s1. The predicted octanol–water partition coefficient (Wildman–Crippen LogP) is 5.60. The molecule has 1 aromatic carbocycles. The average Bonchev–Trinajstić information content (AvgIpc) is 3.23. The van der Waals surface area contributed by atoms with Gasteiger partial charge in [-0.1, -0.05) is 18.2 Å². The number of imidazole rings is 1. The molecule has 4 aromatic heterocycles. The van der Waals surface area contributed by atoms with E-state index in [4.69, 9.17) is 10.7 Å². The van der Waals surface area contributed by atoms with E-state index < -0.39 is 0 Å². The Bertz CT molecular complexity index is 1530. The highest BCUT2D eigenvalue weighted by atomic mass is 32.1. The van der Waals surface area contributed by atoms with Gasteiger partial charge in [-0.05, 0) is 61.2 Å². The second kappa shape index (κ2) is 9.73. The largest absolute Gasteiger partial charge is 0.397 e. The molecule has 0 aliphatic heterocycles. The van der Waals surface area contributed by atoms with Crippen LogP contribution in [-0.2, 0) is 6.54 Å². The van der Waals surface area contributed by atoms with Crippen LogP contribution in [0.1, 0.15) is 28.1 Å². The lowest BCUT2D eigenvalue weighted by Crippen LogP contribution is -2.16. The number of hydrogen-bond acceptors (Lipinski definition) is 8. The molecule has 1 aliphatic carbocycles. The van der Waals surface area contributed by atoms with E-state index in [1.165, 1.54) is 41.1 Å². The van der Waals surface area contributed by atoms with Crippen molar-refractivity contribution in [1.29, 1.82) is 0 Å². The molecule has 0 spiro atoms. The molecule has 0 atom stereocenters. The first-order valence-corrected chi connectivity index (χ1v) is 13.5. The van der Waals surface area contributed by atoms with Crippen molar-refractivity contribution in [3.63, 3.8) is 0 Å². The minimum atomic E-state index is -0.195. The van der Waals surface area contributed by atoms with Gasteiger partial charge in [0.2, 0.25) is 0 Å². The zero-order valence-corrected chi connectivity index (χ0v) is 21.0. The average molecular weight is 516 g/mol. The van der Waals surface area contributed by atoms with Crippen molar-refractivity contribution in [3.8, 4) is 11.4 Å². The number of nitrogens with one attached hydrogen (secondary N) is 3. The summed E-state index contributed by atoms with van der Waals surface area (Å²) in [4.78, 5) is 22.5. The molecule has 5 aromatic rings. The Morgan fingerprint density at radius 1 is 1.14 bits per heavy atom. The maximum absolute atomic E-state index is 12.6. The fourth-order valence-electron chi connectivity index (χ4n) is 3.94. The quantitative estimate of drug-likeness (QED) is 0.190. The third-order valence-electron chi connectivity index (χ3n) is 6.06. The summed E-state index contributed by atoms with van der Waals surface area (Å²) < 4.78 is 2.09. The maximum Gasteiger partial charge on any atom is 0.265 e. The van der Waals surface area contributed by atoms with Crippen molar-refractivity contribution in [3.05, 3.63) is 76.7 Å². The lowest BCUT2D eigenvalue weighted by molar-refractivity contribution is 0.103. The van der Waals surface area contributed by atoms with Gasteiger partial charge in [0.05, 0.1) is 33.1 Å². The monoisotopic (exact) mass is 515 g/mol. The number of amides is 1. The van der Waals surface area contributed by atoms with Gasteiger partial charge in [-0.15, -0.1) is 22.7 Å². The number of thiazole rings is 1. The Morgan fingerprint density at radius 2 is 2.03 bits per heavy atom. The lowest BCUT2D eigenvalue weighted by atomic mass is 10.2. The number of carbonyl (C=O) groups is 1. The zero-order valence-electron chi connectivity index (χ0n) is 19.4. The molecular formula is C26H25N7OS2. The Hall–Kier alpha value is -3.73. The molecule has 8 nitrogen and oxygen atoms in total. The Kier molecular flexibility index (Phi) is 6.14. The second-order valence-corrected chi connectivity index (χ2v) is 10.8. The number of nitrogens with zero attached hydrogens (tertiary/aromatic N) is 3. The summed E-state index contributed by atoms with van der Waals surface area (Å²) in [6.07, 6.45) is 6.69. The molecule has 10 heteroatoms. The number of aromatic nitrogens is 3. The van der Waals surface area contributed by atoms with Crippen LogP contribution in [0, 0.1) is 5.92 Å². The first-order valence-electron chi connectivity index (χ1n) is 11.8. The summed E-state index contributed by atoms with van der Waals surface area (Å²) in [6.45, 7) is 1.93. The van der Waals surface area contributed by atoms with Crippen LogP contribution in [0.4, 0.5) is 21.5 Å². The van der Waals surface area contributed by atoms with E-state index in [9.17, 15) is 4.79 Å². The highest BCUT2D eigenvalue weighted by Crippen LogP contribution is 2.31. The third-order valence-corrected chi connectivity index (χ3v) is 7.82.